The number of rotatable bonds is 12. The van der Waals surface area contributed by atoms with E-state index in [0.29, 0.717) is 42.6 Å². The van der Waals surface area contributed by atoms with Gasteiger partial charge in [0.1, 0.15) is 24.0 Å². The second-order valence-electron chi connectivity index (χ2n) is 12.2. The first-order valence-corrected chi connectivity index (χ1v) is 17.1. The molecule has 2 N–H and O–H groups in total. The Morgan fingerprint density at radius 2 is 1.78 bits per heavy atom. The largest absolute Gasteiger partial charge is 0.492 e. The summed E-state index contributed by atoms with van der Waals surface area (Å²) in [4.78, 5) is 42.3. The molecule has 5 rings (SSSR count). The molecule has 242 valence electrons. The van der Waals surface area contributed by atoms with E-state index in [2.05, 4.69) is 15.5 Å². The topological polar surface area (TPSA) is 138 Å². The zero-order valence-corrected chi connectivity index (χ0v) is 26.7. The summed E-state index contributed by atoms with van der Waals surface area (Å²) in [5.74, 6) is -0.628. The quantitative estimate of drug-likeness (QED) is 0.307. The smallest absolute Gasteiger partial charge is 0.287 e. The van der Waals surface area contributed by atoms with Gasteiger partial charge < -0.3 is 19.8 Å². The van der Waals surface area contributed by atoms with Crippen molar-refractivity contribution in [3.8, 4) is 5.75 Å². The number of Topliss-reactive ketones (excluding diaryl/α,β-unsaturated/α-hetero) is 1. The van der Waals surface area contributed by atoms with E-state index in [0.717, 1.165) is 23.9 Å². The zero-order chi connectivity index (χ0) is 32.0. The molecule has 12 heteroatoms. The molecule has 2 aromatic carbocycles. The van der Waals surface area contributed by atoms with Crippen LogP contribution in [0.25, 0.3) is 11.0 Å². The van der Waals surface area contributed by atoms with E-state index in [9.17, 15) is 22.8 Å². The van der Waals surface area contributed by atoms with Gasteiger partial charge in [0.25, 0.3) is 5.91 Å². The normalized spacial score (nSPS) is 19.0. The number of furan rings is 1. The highest BCUT2D eigenvalue weighted by molar-refractivity contribution is 7.89. The van der Waals surface area contributed by atoms with E-state index in [1.54, 1.807) is 30.3 Å². The second kappa shape index (κ2) is 14.6. The highest BCUT2D eigenvalue weighted by Gasteiger charge is 2.34. The van der Waals surface area contributed by atoms with Crippen LogP contribution in [0, 0.1) is 5.92 Å². The van der Waals surface area contributed by atoms with Gasteiger partial charge in [-0.2, -0.15) is 4.31 Å². The highest BCUT2D eigenvalue weighted by atomic mass is 32.2. The number of nitrogens with one attached hydrogen (secondary N) is 2. The Morgan fingerprint density at radius 3 is 2.51 bits per heavy atom. The van der Waals surface area contributed by atoms with Crippen LogP contribution in [0.3, 0.4) is 0 Å². The number of carbonyl (C=O) groups excluding carboxylic acids is 3. The number of hydrogen-bond acceptors (Lipinski definition) is 8. The third-order valence-electron chi connectivity index (χ3n) is 8.23. The Balaban J connectivity index is 1.20. The van der Waals surface area contributed by atoms with Crippen molar-refractivity contribution in [1.29, 1.82) is 0 Å². The van der Waals surface area contributed by atoms with Gasteiger partial charge in [-0.1, -0.05) is 32.0 Å². The summed E-state index contributed by atoms with van der Waals surface area (Å²) in [7, 11) is -3.85. The first-order chi connectivity index (χ1) is 21.6. The molecular formula is C33H42N4O7S. The van der Waals surface area contributed by atoms with E-state index < -0.39 is 39.7 Å². The third kappa shape index (κ3) is 8.30. The number of nitrogens with zero attached hydrogens (tertiary/aromatic N) is 2. The van der Waals surface area contributed by atoms with Gasteiger partial charge in [-0.3, -0.25) is 19.3 Å². The Labute approximate surface area is 264 Å². The van der Waals surface area contributed by atoms with E-state index in [-0.39, 0.29) is 29.7 Å². The number of ether oxygens (including phenoxy) is 1. The molecule has 45 heavy (non-hydrogen) atoms. The SMILES string of the molecule is CC(C)C[C@@H](NC(=O)c1cc2cc(OCCN3CCCC3)ccc2o1)C(=O)N[C@@H]1CCCN(S(=O)(=O)c2ccccc2)CC1=O. The molecule has 1 aromatic heterocycles. The standard InChI is InChI=1S/C33H42N4O7S/c1-23(2)19-28(32(39)34-27-11-8-16-37(22-29(27)38)45(41,42)26-9-4-3-5-10-26)35-33(40)31-21-24-20-25(12-13-30(24)44-31)43-18-17-36-14-6-7-15-36/h3-5,9-10,12-13,20-21,23,27-28H,6-8,11,14-19,22H2,1-2H3,(H,34,39)(H,35,40)/t27-,28-/m1/s1. The Hall–Kier alpha value is -3.74. The number of amides is 2. The minimum absolute atomic E-state index is 0.0630. The fourth-order valence-electron chi connectivity index (χ4n) is 5.82. The predicted molar refractivity (Wildman–Crippen MR) is 169 cm³/mol. The number of likely N-dealkylation sites (tertiary alicyclic amines) is 1. The molecule has 0 aliphatic carbocycles. The average molecular weight is 639 g/mol. The maximum Gasteiger partial charge on any atom is 0.287 e. The highest BCUT2D eigenvalue weighted by Crippen LogP contribution is 2.25. The van der Waals surface area contributed by atoms with E-state index in [4.69, 9.17) is 9.15 Å². The molecule has 0 spiro atoms. The molecular weight excluding hydrogens is 596 g/mol. The molecule has 2 aliphatic rings. The lowest BCUT2D eigenvalue weighted by atomic mass is 10.0. The second-order valence-corrected chi connectivity index (χ2v) is 14.1. The van der Waals surface area contributed by atoms with Crippen LogP contribution in [0.4, 0.5) is 0 Å². The molecule has 2 atom stereocenters. The van der Waals surface area contributed by atoms with Crippen LogP contribution in [0.15, 0.2) is 63.9 Å². The lowest BCUT2D eigenvalue weighted by Crippen LogP contribution is -2.52. The van der Waals surface area contributed by atoms with Crippen LogP contribution in [0.5, 0.6) is 5.75 Å². The summed E-state index contributed by atoms with van der Waals surface area (Å²) in [6.45, 7) is 7.34. The molecule has 0 bridgehead atoms. The number of ketones is 1. The van der Waals surface area contributed by atoms with Crippen LogP contribution >= 0.6 is 0 Å². The minimum Gasteiger partial charge on any atom is -0.492 e. The third-order valence-corrected chi connectivity index (χ3v) is 10.1. The van der Waals surface area contributed by atoms with Gasteiger partial charge in [0.05, 0.1) is 17.5 Å². The average Bonchev–Trinajstić information content (AvgIpc) is 3.65. The summed E-state index contributed by atoms with van der Waals surface area (Å²) in [6.07, 6.45) is 3.48. The van der Waals surface area contributed by atoms with Crippen molar-refractivity contribution in [3.05, 3.63) is 60.4 Å². The van der Waals surface area contributed by atoms with Crippen molar-refractivity contribution >= 4 is 38.6 Å². The number of hydrogen-bond donors (Lipinski definition) is 2. The Kier molecular flexibility index (Phi) is 10.6. The minimum atomic E-state index is -3.85. The molecule has 3 heterocycles. The predicted octanol–water partition coefficient (Wildman–Crippen LogP) is 3.59. The lowest BCUT2D eigenvalue weighted by Gasteiger charge is -2.23. The monoisotopic (exact) mass is 638 g/mol. The molecule has 11 nitrogen and oxygen atoms in total. The van der Waals surface area contributed by atoms with Crippen molar-refractivity contribution in [2.24, 2.45) is 5.92 Å². The van der Waals surface area contributed by atoms with Crippen molar-refractivity contribution < 1.29 is 32.0 Å². The van der Waals surface area contributed by atoms with Crippen molar-refractivity contribution in [2.75, 3.05) is 39.3 Å². The molecule has 3 aromatic rings. The Morgan fingerprint density at radius 1 is 1.02 bits per heavy atom. The first kappa shape index (κ1) is 32.6. The van der Waals surface area contributed by atoms with Crippen molar-refractivity contribution in [2.45, 2.75) is 62.9 Å². The van der Waals surface area contributed by atoms with Crippen LogP contribution in [-0.2, 0) is 19.6 Å². The van der Waals surface area contributed by atoms with Gasteiger partial charge in [0.2, 0.25) is 15.9 Å². The summed E-state index contributed by atoms with van der Waals surface area (Å²) >= 11 is 0. The van der Waals surface area contributed by atoms with Gasteiger partial charge in [-0.15, -0.1) is 0 Å². The summed E-state index contributed by atoms with van der Waals surface area (Å²) in [6, 6.07) is 13.2. The maximum absolute atomic E-state index is 13.4. The van der Waals surface area contributed by atoms with E-state index in [1.807, 2.05) is 26.0 Å². The van der Waals surface area contributed by atoms with Gasteiger partial charge in [-0.05, 0) is 87.5 Å². The van der Waals surface area contributed by atoms with Gasteiger partial charge in [-0.25, -0.2) is 8.42 Å². The van der Waals surface area contributed by atoms with Crippen LogP contribution in [0.1, 0.15) is 56.5 Å². The molecule has 2 amide bonds. The fraction of sp³-hybridized carbons (Fsp3) is 0.485. The number of carbonyl (C=O) groups is 3. The summed E-state index contributed by atoms with van der Waals surface area (Å²) in [5, 5.41) is 6.27. The van der Waals surface area contributed by atoms with Crippen molar-refractivity contribution in [3.63, 3.8) is 0 Å². The molecule has 2 fully saturated rings. The van der Waals surface area contributed by atoms with Crippen LogP contribution < -0.4 is 15.4 Å². The fourth-order valence-corrected chi connectivity index (χ4v) is 7.29. The number of fused-ring (bicyclic) bond motifs is 1. The van der Waals surface area contributed by atoms with Gasteiger partial charge in [0, 0.05) is 18.5 Å². The maximum atomic E-state index is 13.4. The van der Waals surface area contributed by atoms with E-state index in [1.165, 1.54) is 25.0 Å². The van der Waals surface area contributed by atoms with Crippen molar-refractivity contribution in [1.82, 2.24) is 19.8 Å². The van der Waals surface area contributed by atoms with Gasteiger partial charge in [0.15, 0.2) is 11.5 Å². The first-order valence-electron chi connectivity index (χ1n) is 15.7. The van der Waals surface area contributed by atoms with Crippen LogP contribution in [0.2, 0.25) is 0 Å². The number of benzene rings is 2. The summed E-state index contributed by atoms with van der Waals surface area (Å²) in [5.41, 5.74) is 0.524. The summed E-state index contributed by atoms with van der Waals surface area (Å²) < 4.78 is 39.1. The molecule has 2 aliphatic heterocycles. The van der Waals surface area contributed by atoms with Gasteiger partial charge >= 0.3 is 0 Å². The molecule has 2 saturated heterocycles. The molecule has 0 radical (unpaired) electrons. The zero-order valence-electron chi connectivity index (χ0n) is 25.9. The van der Waals surface area contributed by atoms with Crippen LogP contribution in [-0.4, -0.2) is 86.6 Å². The van der Waals surface area contributed by atoms with E-state index >= 15 is 0 Å². The lowest BCUT2D eigenvalue weighted by molar-refractivity contribution is -0.129. The molecule has 0 unspecified atom stereocenters. The molecule has 0 saturated carbocycles. The number of sulfonamides is 1. The Bertz CT molecular complexity index is 1600.